The largest absolute Gasteiger partial charge is 0.457 e. The lowest BCUT2D eigenvalue weighted by molar-refractivity contribution is 0.275. The highest BCUT2D eigenvalue weighted by molar-refractivity contribution is 5.39. The van der Waals surface area contributed by atoms with Crippen LogP contribution in [0, 0.1) is 5.82 Å². The van der Waals surface area contributed by atoms with Gasteiger partial charge in [-0.2, -0.15) is 0 Å². The first-order valence-electron chi connectivity index (χ1n) is 6.40. The number of hydrogen-bond donors (Lipinski definition) is 1. The number of hydrogen-bond acceptors (Lipinski definition) is 3. The highest BCUT2D eigenvalue weighted by Gasteiger charge is 2.08. The van der Waals surface area contributed by atoms with Gasteiger partial charge in [0.25, 0.3) is 0 Å². The molecule has 0 saturated carbocycles. The van der Waals surface area contributed by atoms with Crippen LogP contribution in [0.3, 0.4) is 0 Å². The first kappa shape index (κ1) is 14.5. The van der Waals surface area contributed by atoms with E-state index >= 15 is 0 Å². The Labute approximate surface area is 118 Å². The van der Waals surface area contributed by atoms with Crippen molar-refractivity contribution in [2.75, 3.05) is 14.1 Å². The van der Waals surface area contributed by atoms with Crippen molar-refractivity contribution in [2.45, 2.75) is 13.2 Å². The molecule has 0 radical (unpaired) electrons. The van der Waals surface area contributed by atoms with Gasteiger partial charge in [-0.05, 0) is 38.4 Å². The molecule has 2 aromatic rings. The van der Waals surface area contributed by atoms with Gasteiger partial charge in [0.05, 0.1) is 6.61 Å². The third-order valence-corrected chi connectivity index (χ3v) is 2.87. The summed E-state index contributed by atoms with van der Waals surface area (Å²) >= 11 is 0. The smallest absolute Gasteiger partial charge is 0.131 e. The Kier molecular flexibility index (Phi) is 4.71. The van der Waals surface area contributed by atoms with Crippen molar-refractivity contribution in [2.24, 2.45) is 0 Å². The molecule has 0 aromatic heterocycles. The van der Waals surface area contributed by atoms with Crippen molar-refractivity contribution in [3.63, 3.8) is 0 Å². The number of aliphatic hydroxyl groups excluding tert-OH is 1. The normalized spacial score (nSPS) is 10.8. The second-order valence-electron chi connectivity index (χ2n) is 4.86. The minimum atomic E-state index is -0.429. The van der Waals surface area contributed by atoms with E-state index in [1.165, 1.54) is 12.1 Å². The van der Waals surface area contributed by atoms with Crippen LogP contribution in [-0.4, -0.2) is 24.1 Å². The number of aliphatic hydroxyl groups is 1. The molecule has 0 aliphatic carbocycles. The van der Waals surface area contributed by atoms with Crippen molar-refractivity contribution in [1.82, 2.24) is 4.90 Å². The van der Waals surface area contributed by atoms with E-state index in [0.717, 1.165) is 17.9 Å². The fourth-order valence-corrected chi connectivity index (χ4v) is 1.94. The number of ether oxygens (including phenoxy) is 1. The van der Waals surface area contributed by atoms with E-state index in [1.54, 1.807) is 6.07 Å². The third-order valence-electron chi connectivity index (χ3n) is 2.87. The quantitative estimate of drug-likeness (QED) is 0.909. The molecule has 3 nitrogen and oxygen atoms in total. The van der Waals surface area contributed by atoms with Crippen LogP contribution in [0.2, 0.25) is 0 Å². The van der Waals surface area contributed by atoms with E-state index in [9.17, 15) is 4.39 Å². The predicted octanol–water partition coefficient (Wildman–Crippen LogP) is 3.17. The summed E-state index contributed by atoms with van der Waals surface area (Å²) < 4.78 is 19.1. The van der Waals surface area contributed by atoms with Crippen LogP contribution in [-0.2, 0) is 13.2 Å². The van der Waals surface area contributed by atoms with Crippen LogP contribution in [0.5, 0.6) is 11.5 Å². The number of rotatable bonds is 5. The van der Waals surface area contributed by atoms with Crippen molar-refractivity contribution in [3.8, 4) is 11.5 Å². The van der Waals surface area contributed by atoms with Gasteiger partial charge in [-0.25, -0.2) is 4.39 Å². The molecule has 1 N–H and O–H groups in total. The molecule has 0 amide bonds. The molecule has 20 heavy (non-hydrogen) atoms. The molecule has 2 aromatic carbocycles. The fraction of sp³-hybridized carbons (Fsp3) is 0.250. The van der Waals surface area contributed by atoms with Crippen LogP contribution in [0.25, 0.3) is 0 Å². The highest BCUT2D eigenvalue weighted by atomic mass is 19.1. The molecule has 0 aliphatic heterocycles. The molecule has 0 atom stereocenters. The van der Waals surface area contributed by atoms with Gasteiger partial charge >= 0.3 is 0 Å². The van der Waals surface area contributed by atoms with Crippen molar-refractivity contribution >= 4 is 0 Å². The Bertz CT molecular complexity index is 584. The summed E-state index contributed by atoms with van der Waals surface area (Å²) in [5, 5.41) is 9.08. The summed E-state index contributed by atoms with van der Waals surface area (Å²) in [6.07, 6.45) is 0. The number of nitrogens with zero attached hydrogens (tertiary/aromatic N) is 1. The summed E-state index contributed by atoms with van der Waals surface area (Å²) in [6.45, 7) is 0.409. The van der Waals surface area contributed by atoms with E-state index in [4.69, 9.17) is 9.84 Å². The highest BCUT2D eigenvalue weighted by Crippen LogP contribution is 2.27. The Morgan fingerprint density at radius 1 is 1.10 bits per heavy atom. The lowest BCUT2D eigenvalue weighted by Crippen LogP contribution is -2.11. The molecular weight excluding hydrogens is 257 g/mol. The number of para-hydroxylation sites is 1. The summed E-state index contributed by atoms with van der Waals surface area (Å²) in [6, 6.07) is 12.1. The van der Waals surface area contributed by atoms with E-state index in [-0.39, 0.29) is 12.2 Å². The Morgan fingerprint density at radius 3 is 2.55 bits per heavy atom. The molecule has 0 bridgehead atoms. The molecule has 0 unspecified atom stereocenters. The summed E-state index contributed by atoms with van der Waals surface area (Å²) in [5.41, 5.74) is 1.28. The van der Waals surface area contributed by atoms with E-state index in [2.05, 4.69) is 0 Å². The lowest BCUT2D eigenvalue weighted by Gasteiger charge is -2.15. The van der Waals surface area contributed by atoms with Gasteiger partial charge < -0.3 is 14.7 Å². The molecular formula is C16H18FNO2. The zero-order chi connectivity index (χ0) is 14.5. The Morgan fingerprint density at radius 2 is 1.85 bits per heavy atom. The second-order valence-corrected chi connectivity index (χ2v) is 4.86. The zero-order valence-corrected chi connectivity index (χ0v) is 11.6. The molecule has 0 spiro atoms. The maximum Gasteiger partial charge on any atom is 0.131 e. The van der Waals surface area contributed by atoms with Gasteiger partial charge in [-0.1, -0.05) is 18.2 Å². The average molecular weight is 275 g/mol. The molecule has 4 heteroatoms. The first-order chi connectivity index (χ1) is 9.60. The van der Waals surface area contributed by atoms with Crippen LogP contribution < -0.4 is 4.74 Å². The lowest BCUT2D eigenvalue weighted by atomic mass is 10.2. The van der Waals surface area contributed by atoms with Gasteiger partial charge in [0.1, 0.15) is 17.3 Å². The van der Waals surface area contributed by atoms with Crippen molar-refractivity contribution < 1.29 is 14.2 Å². The summed E-state index contributed by atoms with van der Waals surface area (Å²) in [5.74, 6) is 0.819. The SMILES string of the molecule is CN(C)Cc1ccccc1Oc1ccc(F)c(CO)c1. The summed E-state index contributed by atoms with van der Waals surface area (Å²) in [7, 11) is 3.97. The van der Waals surface area contributed by atoms with Gasteiger partial charge in [-0.15, -0.1) is 0 Å². The van der Waals surface area contributed by atoms with Gasteiger partial charge in [0.15, 0.2) is 0 Å². The molecule has 0 fully saturated rings. The summed E-state index contributed by atoms with van der Waals surface area (Å²) in [4.78, 5) is 2.05. The predicted molar refractivity (Wildman–Crippen MR) is 76.2 cm³/mol. The Balaban J connectivity index is 2.25. The monoisotopic (exact) mass is 275 g/mol. The molecule has 0 heterocycles. The van der Waals surface area contributed by atoms with Crippen LogP contribution in [0.1, 0.15) is 11.1 Å². The minimum Gasteiger partial charge on any atom is -0.457 e. The molecule has 0 aliphatic rings. The van der Waals surface area contributed by atoms with Crippen LogP contribution >= 0.6 is 0 Å². The van der Waals surface area contributed by atoms with E-state index < -0.39 is 5.82 Å². The van der Waals surface area contributed by atoms with Gasteiger partial charge in [0.2, 0.25) is 0 Å². The number of benzene rings is 2. The molecule has 106 valence electrons. The van der Waals surface area contributed by atoms with Crippen molar-refractivity contribution in [1.29, 1.82) is 0 Å². The molecule has 0 saturated heterocycles. The topological polar surface area (TPSA) is 32.7 Å². The Hall–Kier alpha value is -1.91. The van der Waals surface area contributed by atoms with Crippen LogP contribution in [0.15, 0.2) is 42.5 Å². The van der Waals surface area contributed by atoms with E-state index in [0.29, 0.717) is 5.75 Å². The average Bonchev–Trinajstić information content (AvgIpc) is 2.42. The second kappa shape index (κ2) is 6.50. The maximum absolute atomic E-state index is 13.3. The molecule has 2 rings (SSSR count). The van der Waals surface area contributed by atoms with Crippen LogP contribution in [0.4, 0.5) is 4.39 Å². The van der Waals surface area contributed by atoms with E-state index in [1.807, 2.05) is 43.3 Å². The third kappa shape index (κ3) is 3.56. The van der Waals surface area contributed by atoms with Gasteiger partial charge in [-0.3, -0.25) is 0 Å². The number of halogens is 1. The van der Waals surface area contributed by atoms with Crippen molar-refractivity contribution in [3.05, 3.63) is 59.4 Å². The first-order valence-corrected chi connectivity index (χ1v) is 6.40. The maximum atomic E-state index is 13.3. The van der Waals surface area contributed by atoms with Gasteiger partial charge in [0, 0.05) is 17.7 Å². The zero-order valence-electron chi connectivity index (χ0n) is 11.6. The fourth-order valence-electron chi connectivity index (χ4n) is 1.94. The standard InChI is InChI=1S/C16H18FNO2/c1-18(2)10-12-5-3-4-6-16(12)20-14-7-8-15(17)13(9-14)11-19/h3-9,19H,10-11H2,1-2H3. The minimum absolute atomic E-state index is 0.229.